The van der Waals surface area contributed by atoms with Crippen LogP contribution < -0.4 is 10.1 Å². The van der Waals surface area contributed by atoms with E-state index in [1.54, 1.807) is 29.2 Å². The first kappa shape index (κ1) is 23.9. The summed E-state index contributed by atoms with van der Waals surface area (Å²) >= 11 is 0. The van der Waals surface area contributed by atoms with Crippen molar-refractivity contribution in [3.63, 3.8) is 0 Å². The van der Waals surface area contributed by atoms with Crippen LogP contribution in [0.25, 0.3) is 0 Å². The van der Waals surface area contributed by atoms with Crippen LogP contribution in [-0.4, -0.2) is 49.0 Å². The van der Waals surface area contributed by atoms with Crippen LogP contribution in [0.1, 0.15) is 43.1 Å². The summed E-state index contributed by atoms with van der Waals surface area (Å²) in [5.41, 5.74) is 1.89. The zero-order valence-electron chi connectivity index (χ0n) is 18.3. The Balaban J connectivity index is 1.83. The average Bonchev–Trinajstić information content (AvgIpc) is 2.78. The van der Waals surface area contributed by atoms with Crippen LogP contribution in [0.5, 0.6) is 5.75 Å². The molecular formula is C24H30N2O5. The molecule has 0 radical (unpaired) electrons. The van der Waals surface area contributed by atoms with Crippen molar-refractivity contribution in [1.82, 2.24) is 4.90 Å². The molecule has 2 aromatic carbocycles. The minimum absolute atomic E-state index is 0.0974. The molecule has 7 nitrogen and oxygen atoms in total. The number of benzene rings is 2. The zero-order valence-corrected chi connectivity index (χ0v) is 18.3. The fourth-order valence-corrected chi connectivity index (χ4v) is 3.08. The van der Waals surface area contributed by atoms with Gasteiger partial charge >= 0.3 is 5.97 Å². The number of anilines is 1. The molecule has 31 heavy (non-hydrogen) atoms. The average molecular weight is 427 g/mol. The van der Waals surface area contributed by atoms with Crippen molar-refractivity contribution < 1.29 is 23.9 Å². The molecule has 0 aromatic heterocycles. The standard InChI is InChI=1S/C24H30N2O5/c1-4-26(5-2)24(29)19-11-9-12-20(16-19)25-22(27)17-31-23(28)15-14-18-10-7-8-13-21(18)30-6-3/h7-13,16H,4-6,14-15,17H2,1-3H3,(H,25,27). The van der Waals surface area contributed by atoms with E-state index >= 15 is 0 Å². The highest BCUT2D eigenvalue weighted by molar-refractivity contribution is 5.97. The lowest BCUT2D eigenvalue weighted by molar-refractivity contribution is -0.147. The largest absolute Gasteiger partial charge is 0.494 e. The Labute approximate surface area is 183 Å². The fourth-order valence-electron chi connectivity index (χ4n) is 3.08. The van der Waals surface area contributed by atoms with Gasteiger partial charge in [0.1, 0.15) is 5.75 Å². The van der Waals surface area contributed by atoms with Gasteiger partial charge in [0.05, 0.1) is 6.61 Å². The number of aryl methyl sites for hydroxylation is 1. The van der Waals surface area contributed by atoms with Gasteiger partial charge in [-0.3, -0.25) is 14.4 Å². The molecule has 0 fully saturated rings. The molecule has 0 unspecified atom stereocenters. The number of nitrogens with zero attached hydrogens (tertiary/aromatic N) is 1. The van der Waals surface area contributed by atoms with Crippen molar-refractivity contribution in [2.75, 3.05) is 31.6 Å². The first-order chi connectivity index (χ1) is 15.0. The summed E-state index contributed by atoms with van der Waals surface area (Å²) < 4.78 is 10.6. The highest BCUT2D eigenvalue weighted by Gasteiger charge is 2.14. The second-order valence-electron chi connectivity index (χ2n) is 6.81. The smallest absolute Gasteiger partial charge is 0.306 e. The lowest BCUT2D eigenvalue weighted by atomic mass is 10.1. The lowest BCUT2D eigenvalue weighted by Gasteiger charge is -2.19. The molecule has 166 valence electrons. The van der Waals surface area contributed by atoms with Crippen LogP contribution in [-0.2, 0) is 20.7 Å². The molecule has 0 aliphatic rings. The minimum Gasteiger partial charge on any atom is -0.494 e. The molecule has 1 N–H and O–H groups in total. The zero-order chi connectivity index (χ0) is 22.6. The molecule has 0 heterocycles. The second-order valence-corrected chi connectivity index (χ2v) is 6.81. The van der Waals surface area contributed by atoms with E-state index in [4.69, 9.17) is 9.47 Å². The van der Waals surface area contributed by atoms with Gasteiger partial charge in [-0.2, -0.15) is 0 Å². The lowest BCUT2D eigenvalue weighted by Crippen LogP contribution is -2.30. The van der Waals surface area contributed by atoms with E-state index in [1.165, 1.54) is 0 Å². The van der Waals surface area contributed by atoms with Gasteiger partial charge in [-0.05, 0) is 57.0 Å². The van der Waals surface area contributed by atoms with Gasteiger partial charge in [0, 0.05) is 30.8 Å². The van der Waals surface area contributed by atoms with Gasteiger partial charge in [-0.1, -0.05) is 24.3 Å². The molecule has 0 atom stereocenters. The number of hydrogen-bond acceptors (Lipinski definition) is 5. The van der Waals surface area contributed by atoms with Gasteiger partial charge in [0.25, 0.3) is 11.8 Å². The summed E-state index contributed by atoms with van der Waals surface area (Å²) in [6, 6.07) is 14.2. The molecule has 2 aromatic rings. The van der Waals surface area contributed by atoms with Crippen LogP contribution in [0.4, 0.5) is 5.69 Å². The molecule has 0 saturated carbocycles. The third kappa shape index (κ3) is 7.44. The predicted molar refractivity (Wildman–Crippen MR) is 119 cm³/mol. The maximum atomic E-state index is 12.4. The van der Waals surface area contributed by atoms with Crippen molar-refractivity contribution in [2.24, 2.45) is 0 Å². The van der Waals surface area contributed by atoms with E-state index < -0.39 is 11.9 Å². The van der Waals surface area contributed by atoms with Crippen molar-refractivity contribution in [3.8, 4) is 5.75 Å². The van der Waals surface area contributed by atoms with Gasteiger partial charge in [0.2, 0.25) is 0 Å². The quantitative estimate of drug-likeness (QED) is 0.554. The molecule has 0 spiro atoms. The fraction of sp³-hybridized carbons (Fsp3) is 0.375. The number of carbonyl (C=O) groups excluding carboxylic acids is 3. The van der Waals surface area contributed by atoms with E-state index in [0.29, 0.717) is 37.4 Å². The SMILES string of the molecule is CCOc1ccccc1CCC(=O)OCC(=O)Nc1cccc(C(=O)N(CC)CC)c1. The Hall–Kier alpha value is -3.35. The van der Waals surface area contributed by atoms with E-state index in [0.717, 1.165) is 11.3 Å². The number of hydrogen-bond donors (Lipinski definition) is 1. The molecule has 0 bridgehead atoms. The Morgan fingerprint density at radius 3 is 2.42 bits per heavy atom. The molecule has 0 aliphatic heterocycles. The topological polar surface area (TPSA) is 84.9 Å². The molecule has 7 heteroatoms. The molecule has 2 rings (SSSR count). The van der Waals surface area contributed by atoms with Crippen molar-refractivity contribution in [1.29, 1.82) is 0 Å². The minimum atomic E-state index is -0.466. The second kappa shape index (κ2) is 12.4. The molecule has 0 aliphatic carbocycles. The Bertz CT molecular complexity index is 893. The normalized spacial score (nSPS) is 10.3. The summed E-state index contributed by atoms with van der Waals surface area (Å²) in [5.74, 6) is -0.281. The molecule has 2 amide bonds. The molecular weight excluding hydrogens is 396 g/mol. The van der Waals surface area contributed by atoms with Gasteiger partial charge in [-0.25, -0.2) is 0 Å². The highest BCUT2D eigenvalue weighted by atomic mass is 16.5. The summed E-state index contributed by atoms with van der Waals surface area (Å²) in [4.78, 5) is 38.3. The highest BCUT2D eigenvalue weighted by Crippen LogP contribution is 2.19. The van der Waals surface area contributed by atoms with Crippen molar-refractivity contribution in [3.05, 3.63) is 59.7 Å². The van der Waals surface area contributed by atoms with E-state index in [1.807, 2.05) is 45.0 Å². The Morgan fingerprint density at radius 2 is 1.71 bits per heavy atom. The number of amides is 2. The van der Waals surface area contributed by atoms with Gasteiger partial charge in [-0.15, -0.1) is 0 Å². The maximum Gasteiger partial charge on any atom is 0.306 e. The van der Waals surface area contributed by atoms with Crippen LogP contribution in [0.3, 0.4) is 0 Å². The van der Waals surface area contributed by atoms with Crippen LogP contribution in [0.2, 0.25) is 0 Å². The maximum absolute atomic E-state index is 12.4. The van der Waals surface area contributed by atoms with Crippen LogP contribution in [0.15, 0.2) is 48.5 Å². The van der Waals surface area contributed by atoms with Crippen LogP contribution >= 0.6 is 0 Å². The first-order valence-corrected chi connectivity index (χ1v) is 10.5. The number of nitrogens with one attached hydrogen (secondary N) is 1. The number of carbonyl (C=O) groups is 3. The summed E-state index contributed by atoms with van der Waals surface area (Å²) in [5, 5.41) is 2.66. The predicted octanol–water partition coefficient (Wildman–Crippen LogP) is 3.68. The third-order valence-corrected chi connectivity index (χ3v) is 4.68. The Kier molecular flexibility index (Phi) is 9.55. The van der Waals surface area contributed by atoms with Crippen LogP contribution in [0, 0.1) is 0 Å². The monoisotopic (exact) mass is 426 g/mol. The van der Waals surface area contributed by atoms with E-state index in [2.05, 4.69) is 5.32 Å². The number of para-hydroxylation sites is 1. The van der Waals surface area contributed by atoms with Crippen molar-refractivity contribution >= 4 is 23.5 Å². The van der Waals surface area contributed by atoms with Gasteiger partial charge < -0.3 is 19.7 Å². The third-order valence-electron chi connectivity index (χ3n) is 4.68. The van der Waals surface area contributed by atoms with Gasteiger partial charge in [0.15, 0.2) is 6.61 Å². The number of esters is 1. The number of ether oxygens (including phenoxy) is 2. The van der Waals surface area contributed by atoms with E-state index in [9.17, 15) is 14.4 Å². The Morgan fingerprint density at radius 1 is 0.968 bits per heavy atom. The summed E-state index contributed by atoms with van der Waals surface area (Å²) in [7, 11) is 0. The summed E-state index contributed by atoms with van der Waals surface area (Å²) in [6.45, 7) is 7.10. The molecule has 0 saturated heterocycles. The van der Waals surface area contributed by atoms with Crippen molar-refractivity contribution in [2.45, 2.75) is 33.6 Å². The first-order valence-electron chi connectivity index (χ1n) is 10.5. The number of rotatable bonds is 11. The summed E-state index contributed by atoms with van der Waals surface area (Å²) in [6.07, 6.45) is 0.608. The van der Waals surface area contributed by atoms with E-state index in [-0.39, 0.29) is 18.9 Å².